The molecule has 12 heteroatoms. The van der Waals surface area contributed by atoms with Crippen LogP contribution in [0.4, 0.5) is 5.88 Å². The van der Waals surface area contributed by atoms with Gasteiger partial charge in [0.1, 0.15) is 23.2 Å². The zero-order valence-electron chi connectivity index (χ0n) is 19.5. The summed E-state index contributed by atoms with van der Waals surface area (Å²) >= 11 is 0. The maximum Gasteiger partial charge on any atom is 0.433 e. The van der Waals surface area contributed by atoms with Crippen LogP contribution < -0.4 is 0 Å². The van der Waals surface area contributed by atoms with Crippen molar-refractivity contribution in [1.29, 1.82) is 0 Å². The normalized spacial score (nSPS) is 19.2. The first-order valence-corrected chi connectivity index (χ1v) is 10.9. The maximum atomic E-state index is 13.2. The predicted octanol–water partition coefficient (Wildman–Crippen LogP) is 2.65. The minimum absolute atomic E-state index is 0.0157. The molecule has 1 aromatic heterocycles. The second-order valence-corrected chi connectivity index (χ2v) is 8.11. The summed E-state index contributed by atoms with van der Waals surface area (Å²) in [5.41, 5.74) is 1.03. The van der Waals surface area contributed by atoms with Crippen LogP contribution >= 0.6 is 0 Å². The number of allylic oxidation sites excluding steroid dienone is 1. The van der Waals surface area contributed by atoms with Crippen LogP contribution in [0.15, 0.2) is 57.1 Å². The Kier molecular flexibility index (Phi) is 6.51. The molecule has 2 amide bonds. The fourth-order valence-corrected chi connectivity index (χ4v) is 4.40. The lowest BCUT2D eigenvalue weighted by Crippen LogP contribution is -2.37. The molecule has 36 heavy (non-hydrogen) atoms. The van der Waals surface area contributed by atoms with Crippen molar-refractivity contribution < 1.29 is 38.0 Å². The molecule has 0 saturated carbocycles. The van der Waals surface area contributed by atoms with Crippen molar-refractivity contribution in [3.8, 4) is 0 Å². The summed E-state index contributed by atoms with van der Waals surface area (Å²) < 4.78 is 15.6. The van der Waals surface area contributed by atoms with E-state index in [0.29, 0.717) is 5.71 Å². The molecule has 2 unspecified atom stereocenters. The molecule has 2 aliphatic heterocycles. The van der Waals surface area contributed by atoms with Crippen LogP contribution in [0.1, 0.15) is 46.2 Å². The Morgan fingerprint density at radius 2 is 1.75 bits per heavy atom. The smallest absolute Gasteiger partial charge is 0.433 e. The van der Waals surface area contributed by atoms with Gasteiger partial charge in [0.25, 0.3) is 11.8 Å². The summed E-state index contributed by atoms with van der Waals surface area (Å²) in [4.78, 5) is 66.5. The molecular formula is C24H21N3O9. The van der Waals surface area contributed by atoms with Crippen LogP contribution in [-0.4, -0.2) is 59.5 Å². The van der Waals surface area contributed by atoms with Crippen LogP contribution in [-0.2, 0) is 19.1 Å². The number of furan rings is 1. The van der Waals surface area contributed by atoms with Crippen LogP contribution in [0.2, 0.25) is 0 Å². The molecule has 4 rings (SSSR count). The predicted molar refractivity (Wildman–Crippen MR) is 122 cm³/mol. The second-order valence-electron chi connectivity index (χ2n) is 8.11. The van der Waals surface area contributed by atoms with Crippen LogP contribution in [0.25, 0.3) is 0 Å². The molecule has 0 bridgehead atoms. The summed E-state index contributed by atoms with van der Waals surface area (Å²) in [5, 5.41) is 11.1. The standard InChI is InChI=1S/C24H21N3O9/c1-12-18(23(30)34-3)20(16-8-9-17(36-16)27(32)33)19(13(2)25-12)24(31)35-11-10-26-21(28)14-6-4-5-7-15(14)22(26)29/h4-9,18,20H,10-11H2,1-3H3. The fourth-order valence-electron chi connectivity index (χ4n) is 4.40. The molecule has 0 N–H and O–H groups in total. The number of carbonyl (C=O) groups excluding carboxylic acids is 4. The summed E-state index contributed by atoms with van der Waals surface area (Å²) in [6.07, 6.45) is 0. The van der Waals surface area contributed by atoms with Gasteiger partial charge < -0.3 is 13.9 Å². The van der Waals surface area contributed by atoms with Gasteiger partial charge in [0.15, 0.2) is 0 Å². The van der Waals surface area contributed by atoms with Gasteiger partial charge in [-0.2, -0.15) is 0 Å². The van der Waals surface area contributed by atoms with E-state index in [2.05, 4.69) is 4.99 Å². The van der Waals surface area contributed by atoms with Crippen LogP contribution in [0.5, 0.6) is 0 Å². The number of methoxy groups -OCH3 is 1. The highest BCUT2D eigenvalue weighted by atomic mass is 16.6. The highest BCUT2D eigenvalue weighted by molar-refractivity contribution is 6.21. The van der Waals surface area contributed by atoms with E-state index in [1.807, 2.05) is 0 Å². The number of rotatable bonds is 7. The summed E-state index contributed by atoms with van der Waals surface area (Å²) in [5.74, 6) is -5.36. The molecule has 0 fully saturated rings. The number of fused-ring (bicyclic) bond motifs is 1. The molecule has 186 valence electrons. The van der Waals surface area contributed by atoms with Crippen molar-refractivity contribution in [1.82, 2.24) is 4.90 Å². The molecule has 0 spiro atoms. The highest BCUT2D eigenvalue weighted by Gasteiger charge is 2.44. The average molecular weight is 495 g/mol. The van der Waals surface area contributed by atoms with E-state index in [-0.39, 0.29) is 41.3 Å². The van der Waals surface area contributed by atoms with Crippen molar-refractivity contribution >= 4 is 35.3 Å². The van der Waals surface area contributed by atoms with Crippen molar-refractivity contribution in [2.75, 3.05) is 20.3 Å². The maximum absolute atomic E-state index is 13.2. The third kappa shape index (κ3) is 4.17. The Morgan fingerprint density at radius 1 is 1.11 bits per heavy atom. The van der Waals surface area contributed by atoms with E-state index < -0.39 is 46.4 Å². The van der Waals surface area contributed by atoms with Crippen molar-refractivity contribution in [2.24, 2.45) is 10.9 Å². The minimum Gasteiger partial charge on any atom is -0.468 e. The third-order valence-electron chi connectivity index (χ3n) is 6.03. The lowest BCUT2D eigenvalue weighted by Gasteiger charge is -2.29. The van der Waals surface area contributed by atoms with E-state index >= 15 is 0 Å². The second kappa shape index (κ2) is 9.56. The van der Waals surface area contributed by atoms with Gasteiger partial charge in [-0.25, -0.2) is 4.79 Å². The van der Waals surface area contributed by atoms with E-state index in [0.717, 1.165) is 11.0 Å². The Balaban J connectivity index is 1.58. The average Bonchev–Trinajstić information content (AvgIpc) is 3.43. The zero-order valence-corrected chi connectivity index (χ0v) is 19.5. The Labute approximate surface area is 204 Å². The first-order chi connectivity index (χ1) is 17.1. The highest BCUT2D eigenvalue weighted by Crippen LogP contribution is 2.41. The molecule has 3 heterocycles. The monoisotopic (exact) mass is 495 g/mol. The molecule has 2 aromatic rings. The Hall–Kier alpha value is -4.61. The molecule has 0 saturated heterocycles. The van der Waals surface area contributed by atoms with Gasteiger partial charge in [-0.15, -0.1) is 0 Å². The van der Waals surface area contributed by atoms with Gasteiger partial charge in [0.2, 0.25) is 0 Å². The first kappa shape index (κ1) is 24.5. The van der Waals surface area contributed by atoms with E-state index in [9.17, 15) is 29.3 Å². The number of benzene rings is 1. The number of esters is 2. The first-order valence-electron chi connectivity index (χ1n) is 10.9. The summed E-state index contributed by atoms with van der Waals surface area (Å²) in [6, 6.07) is 8.79. The largest absolute Gasteiger partial charge is 0.468 e. The molecule has 0 radical (unpaired) electrons. The fraction of sp³-hybridized carbons (Fsp3) is 0.292. The van der Waals surface area contributed by atoms with Crippen LogP contribution in [0, 0.1) is 16.0 Å². The van der Waals surface area contributed by atoms with E-state index in [1.165, 1.54) is 32.2 Å². The number of nitrogens with zero attached hydrogens (tertiary/aromatic N) is 3. The lowest BCUT2D eigenvalue weighted by molar-refractivity contribution is -0.402. The van der Waals surface area contributed by atoms with Crippen molar-refractivity contribution in [3.05, 3.63) is 74.7 Å². The lowest BCUT2D eigenvalue weighted by atomic mass is 9.78. The quantitative estimate of drug-likeness (QED) is 0.243. The van der Waals surface area contributed by atoms with Gasteiger partial charge >= 0.3 is 17.8 Å². The minimum atomic E-state index is -1.10. The SMILES string of the molecule is COC(=O)C1C(C)=NC(C)=C(C(=O)OCCN2C(=O)c3ccccc3C2=O)C1c1ccc([N+](=O)[O-])o1. The van der Waals surface area contributed by atoms with E-state index in [4.69, 9.17) is 13.9 Å². The van der Waals surface area contributed by atoms with Gasteiger partial charge in [0.05, 0.1) is 42.3 Å². The van der Waals surface area contributed by atoms with Gasteiger partial charge in [-0.05, 0) is 32.0 Å². The number of amides is 2. The van der Waals surface area contributed by atoms with Gasteiger partial charge in [0, 0.05) is 11.4 Å². The third-order valence-corrected chi connectivity index (χ3v) is 6.03. The molecule has 1 aromatic carbocycles. The van der Waals surface area contributed by atoms with Crippen molar-refractivity contribution in [3.63, 3.8) is 0 Å². The number of ether oxygens (including phenoxy) is 2. The van der Waals surface area contributed by atoms with Gasteiger partial charge in [-0.1, -0.05) is 12.1 Å². The molecule has 2 aliphatic rings. The Bertz CT molecular complexity index is 1320. The number of hydrogen-bond acceptors (Lipinski definition) is 10. The van der Waals surface area contributed by atoms with E-state index in [1.54, 1.807) is 19.1 Å². The summed E-state index contributed by atoms with van der Waals surface area (Å²) in [6.45, 7) is 2.59. The summed E-state index contributed by atoms with van der Waals surface area (Å²) in [7, 11) is 1.17. The van der Waals surface area contributed by atoms with Crippen LogP contribution in [0.3, 0.4) is 0 Å². The number of carbonyl (C=O) groups is 4. The zero-order chi connectivity index (χ0) is 26.1. The molecular weight excluding hydrogens is 474 g/mol. The Morgan fingerprint density at radius 3 is 2.31 bits per heavy atom. The number of hydrogen-bond donors (Lipinski definition) is 0. The van der Waals surface area contributed by atoms with Crippen molar-refractivity contribution in [2.45, 2.75) is 19.8 Å². The number of nitro groups is 1. The van der Waals surface area contributed by atoms with Gasteiger partial charge in [-0.3, -0.25) is 34.4 Å². The molecule has 0 aliphatic carbocycles. The molecule has 12 nitrogen and oxygen atoms in total. The topological polar surface area (TPSA) is 159 Å². The molecule has 2 atom stereocenters. The number of imide groups is 1. The number of aliphatic imine (C=N–C) groups is 1.